The van der Waals surface area contributed by atoms with Gasteiger partial charge in [0.2, 0.25) is 5.82 Å². The van der Waals surface area contributed by atoms with Gasteiger partial charge in [0.05, 0.1) is 4.92 Å². The van der Waals surface area contributed by atoms with Gasteiger partial charge < -0.3 is 5.32 Å². The topological polar surface area (TPSA) is 55.2 Å². The van der Waals surface area contributed by atoms with Crippen LogP contribution in [0.3, 0.4) is 0 Å². The number of hydrogen-bond donors (Lipinski definition) is 1. The van der Waals surface area contributed by atoms with Crippen molar-refractivity contribution in [3.8, 4) is 0 Å². The van der Waals surface area contributed by atoms with Crippen LogP contribution in [0.15, 0.2) is 12.1 Å². The zero-order chi connectivity index (χ0) is 13.6. The highest BCUT2D eigenvalue weighted by Crippen LogP contribution is 2.46. The number of rotatable bonds is 5. The Morgan fingerprint density at radius 2 is 1.79 bits per heavy atom. The summed E-state index contributed by atoms with van der Waals surface area (Å²) in [4.78, 5) is 10.1. The lowest BCUT2D eigenvalue weighted by Gasteiger charge is -2.19. The molecular weight excluding hydrogens is 254 g/mol. The van der Waals surface area contributed by atoms with Gasteiger partial charge in [0.15, 0.2) is 0 Å². The smallest absolute Gasteiger partial charge is 0.327 e. The van der Waals surface area contributed by atoms with Gasteiger partial charge in [-0.3, -0.25) is 10.1 Å². The summed E-state index contributed by atoms with van der Waals surface area (Å²) in [5, 5.41) is 13.9. The van der Waals surface area contributed by atoms with E-state index in [4.69, 9.17) is 0 Å². The van der Waals surface area contributed by atoms with Gasteiger partial charge in [-0.2, -0.15) is 4.39 Å². The molecule has 0 spiro atoms. The van der Waals surface area contributed by atoms with Crippen LogP contribution in [0.25, 0.3) is 0 Å². The fourth-order valence-electron chi connectivity index (χ4n) is 2.57. The summed E-state index contributed by atoms with van der Waals surface area (Å²) < 4.78 is 26.8. The quantitative estimate of drug-likeness (QED) is 0.657. The van der Waals surface area contributed by atoms with Crippen molar-refractivity contribution in [3.05, 3.63) is 33.9 Å². The minimum Gasteiger partial charge on any atom is -0.376 e. The molecule has 4 nitrogen and oxygen atoms in total. The van der Waals surface area contributed by atoms with Crippen molar-refractivity contribution in [2.45, 2.75) is 31.7 Å². The Morgan fingerprint density at radius 3 is 2.26 bits per heavy atom. The third-order valence-corrected chi connectivity index (χ3v) is 3.79. The lowest BCUT2D eigenvalue weighted by atomic mass is 10.1. The minimum atomic E-state index is -1.13. The number of nitro groups is 1. The number of nitro benzene ring substituents is 1. The van der Waals surface area contributed by atoms with Crippen LogP contribution in [0.2, 0.25) is 0 Å². The second-order valence-corrected chi connectivity index (χ2v) is 5.39. The minimum absolute atomic E-state index is 0.0358. The standard InChI is InChI=1S/C13H14F2N2O2/c14-9-5-10(15)13(17(18)19)11(6-9)16-12(7-1-2-7)8-3-4-8/h5-8,12,16H,1-4H2. The molecule has 1 N–H and O–H groups in total. The maximum absolute atomic E-state index is 13.5. The molecule has 0 radical (unpaired) electrons. The van der Waals surface area contributed by atoms with E-state index < -0.39 is 22.2 Å². The summed E-state index contributed by atoms with van der Waals surface area (Å²) in [6, 6.07) is 1.67. The molecule has 0 amide bonds. The first kappa shape index (κ1) is 12.3. The summed E-state index contributed by atoms with van der Waals surface area (Å²) in [6.45, 7) is 0. The highest BCUT2D eigenvalue weighted by molar-refractivity contribution is 5.63. The highest BCUT2D eigenvalue weighted by atomic mass is 19.1. The Morgan fingerprint density at radius 1 is 1.21 bits per heavy atom. The van der Waals surface area contributed by atoms with Gasteiger partial charge in [-0.15, -0.1) is 0 Å². The molecule has 1 aromatic carbocycles. The summed E-state index contributed by atoms with van der Waals surface area (Å²) in [5.74, 6) is -0.953. The van der Waals surface area contributed by atoms with Gasteiger partial charge in [-0.05, 0) is 37.5 Å². The predicted molar refractivity (Wildman–Crippen MR) is 65.9 cm³/mol. The van der Waals surface area contributed by atoms with E-state index in [0.29, 0.717) is 17.9 Å². The maximum atomic E-state index is 13.5. The Kier molecular flexibility index (Phi) is 2.88. The molecule has 0 bridgehead atoms. The molecule has 0 aliphatic heterocycles. The number of nitrogens with one attached hydrogen (secondary N) is 1. The number of hydrogen-bond acceptors (Lipinski definition) is 3. The Balaban J connectivity index is 1.91. The maximum Gasteiger partial charge on any atom is 0.327 e. The molecule has 3 rings (SSSR count). The van der Waals surface area contributed by atoms with Gasteiger partial charge in [0, 0.05) is 18.2 Å². The molecule has 2 aliphatic carbocycles. The van der Waals surface area contributed by atoms with Crippen LogP contribution in [0.5, 0.6) is 0 Å². The Bertz CT molecular complexity index is 516. The monoisotopic (exact) mass is 268 g/mol. The normalized spacial score (nSPS) is 18.7. The van der Waals surface area contributed by atoms with E-state index in [1.165, 1.54) is 0 Å². The van der Waals surface area contributed by atoms with Gasteiger partial charge >= 0.3 is 5.69 Å². The SMILES string of the molecule is O=[N+]([O-])c1c(F)cc(F)cc1NC(C1CC1)C1CC1. The van der Waals surface area contributed by atoms with Crippen molar-refractivity contribution < 1.29 is 13.7 Å². The summed E-state index contributed by atoms with van der Waals surface area (Å²) >= 11 is 0. The van der Waals surface area contributed by atoms with E-state index in [1.807, 2.05) is 0 Å². The molecule has 6 heteroatoms. The third-order valence-electron chi connectivity index (χ3n) is 3.79. The first-order valence-electron chi connectivity index (χ1n) is 6.46. The number of benzene rings is 1. The zero-order valence-electron chi connectivity index (χ0n) is 10.2. The lowest BCUT2D eigenvalue weighted by Crippen LogP contribution is -2.25. The molecule has 0 heterocycles. The van der Waals surface area contributed by atoms with E-state index in [0.717, 1.165) is 31.7 Å². The van der Waals surface area contributed by atoms with Gasteiger partial charge in [-0.25, -0.2) is 4.39 Å². The van der Waals surface area contributed by atoms with E-state index in [-0.39, 0.29) is 11.7 Å². The molecular formula is C13H14F2N2O2. The predicted octanol–water partition coefficient (Wildman–Crippen LogP) is 3.47. The van der Waals surface area contributed by atoms with E-state index in [2.05, 4.69) is 5.32 Å². The molecule has 0 saturated heterocycles. The Hall–Kier alpha value is -1.72. The second-order valence-electron chi connectivity index (χ2n) is 5.39. The zero-order valence-corrected chi connectivity index (χ0v) is 10.2. The molecule has 0 unspecified atom stereocenters. The molecule has 0 aromatic heterocycles. The molecule has 19 heavy (non-hydrogen) atoms. The lowest BCUT2D eigenvalue weighted by molar-refractivity contribution is -0.386. The van der Waals surface area contributed by atoms with E-state index in [9.17, 15) is 18.9 Å². The summed E-state index contributed by atoms with van der Waals surface area (Å²) in [7, 11) is 0. The first-order valence-corrected chi connectivity index (χ1v) is 6.46. The highest BCUT2D eigenvalue weighted by Gasteiger charge is 2.42. The average molecular weight is 268 g/mol. The van der Waals surface area contributed by atoms with Crippen LogP contribution in [-0.4, -0.2) is 11.0 Å². The molecule has 102 valence electrons. The van der Waals surface area contributed by atoms with Crippen LogP contribution in [0.4, 0.5) is 20.2 Å². The molecule has 2 aliphatic rings. The third kappa shape index (κ3) is 2.52. The van der Waals surface area contributed by atoms with Crippen molar-refractivity contribution in [2.75, 3.05) is 5.32 Å². The Labute approximate surface area is 109 Å². The number of nitrogens with zero attached hydrogens (tertiary/aromatic N) is 1. The average Bonchev–Trinajstić information content (AvgIpc) is 3.17. The first-order chi connectivity index (χ1) is 9.06. The van der Waals surface area contributed by atoms with Crippen molar-refractivity contribution in [1.82, 2.24) is 0 Å². The molecule has 1 aromatic rings. The fraction of sp³-hybridized carbons (Fsp3) is 0.538. The van der Waals surface area contributed by atoms with Gasteiger partial charge in [-0.1, -0.05) is 0 Å². The molecule has 0 atom stereocenters. The van der Waals surface area contributed by atoms with Crippen LogP contribution in [0, 0.1) is 33.6 Å². The largest absolute Gasteiger partial charge is 0.376 e. The summed E-state index contributed by atoms with van der Waals surface area (Å²) in [6.07, 6.45) is 4.33. The van der Waals surface area contributed by atoms with Crippen molar-refractivity contribution >= 4 is 11.4 Å². The number of anilines is 1. The van der Waals surface area contributed by atoms with Crippen molar-refractivity contribution in [2.24, 2.45) is 11.8 Å². The van der Waals surface area contributed by atoms with E-state index >= 15 is 0 Å². The van der Waals surface area contributed by atoms with E-state index in [1.54, 1.807) is 0 Å². The second kappa shape index (κ2) is 4.43. The number of halogens is 2. The van der Waals surface area contributed by atoms with Crippen LogP contribution in [-0.2, 0) is 0 Å². The van der Waals surface area contributed by atoms with Crippen LogP contribution < -0.4 is 5.32 Å². The van der Waals surface area contributed by atoms with Crippen LogP contribution in [0.1, 0.15) is 25.7 Å². The van der Waals surface area contributed by atoms with Crippen molar-refractivity contribution in [1.29, 1.82) is 0 Å². The fourth-order valence-corrected chi connectivity index (χ4v) is 2.57. The molecule has 2 fully saturated rings. The van der Waals surface area contributed by atoms with Gasteiger partial charge in [0.25, 0.3) is 0 Å². The van der Waals surface area contributed by atoms with Crippen molar-refractivity contribution in [3.63, 3.8) is 0 Å². The summed E-state index contributed by atoms with van der Waals surface area (Å²) in [5.41, 5.74) is -0.695. The van der Waals surface area contributed by atoms with Crippen LogP contribution >= 0.6 is 0 Å². The van der Waals surface area contributed by atoms with Gasteiger partial charge in [0.1, 0.15) is 11.5 Å². The molecule has 2 saturated carbocycles.